The molecular formula is C13H17N3S. The molecule has 1 heterocycles. The molecule has 3 nitrogen and oxygen atoms in total. The molecule has 2 aromatic rings. The molecule has 0 aliphatic rings. The minimum atomic E-state index is -0.147. The molecule has 0 bridgehead atoms. The molecule has 0 spiro atoms. The van der Waals surface area contributed by atoms with E-state index in [4.69, 9.17) is 0 Å². The summed E-state index contributed by atoms with van der Waals surface area (Å²) in [6.07, 6.45) is 0. The van der Waals surface area contributed by atoms with Gasteiger partial charge in [-0.05, 0) is 26.3 Å². The van der Waals surface area contributed by atoms with E-state index in [1.807, 2.05) is 6.07 Å². The summed E-state index contributed by atoms with van der Waals surface area (Å²) in [5.41, 5.74) is 1.09. The Bertz CT molecular complexity index is 476. The summed E-state index contributed by atoms with van der Waals surface area (Å²) in [6, 6.07) is 10.4. The van der Waals surface area contributed by atoms with E-state index in [0.29, 0.717) is 0 Å². The molecule has 0 amide bonds. The molecule has 2 rings (SSSR count). The molecule has 4 heteroatoms. The van der Waals surface area contributed by atoms with Gasteiger partial charge in [0, 0.05) is 18.1 Å². The second-order valence-electron chi connectivity index (χ2n) is 4.44. The van der Waals surface area contributed by atoms with Crippen LogP contribution in [0.5, 0.6) is 0 Å². The lowest BCUT2D eigenvalue weighted by Crippen LogP contribution is -2.20. The van der Waals surface area contributed by atoms with Crippen LogP contribution in [-0.4, -0.2) is 15.9 Å². The summed E-state index contributed by atoms with van der Waals surface area (Å²) in [5.74, 6) is 0.879. The molecule has 90 valence electrons. The van der Waals surface area contributed by atoms with E-state index < -0.39 is 0 Å². The summed E-state index contributed by atoms with van der Waals surface area (Å²) in [5, 5.41) is 4.09. The Hall–Kier alpha value is -1.42. The fourth-order valence-corrected chi connectivity index (χ4v) is 2.46. The van der Waals surface area contributed by atoms with E-state index in [1.54, 1.807) is 0 Å². The maximum absolute atomic E-state index is 4.54. The summed E-state index contributed by atoms with van der Waals surface area (Å²) < 4.78 is 4.45. The molecule has 0 saturated carbocycles. The predicted octanol–water partition coefficient (Wildman–Crippen LogP) is 3.30. The van der Waals surface area contributed by atoms with Crippen LogP contribution >= 0.6 is 11.5 Å². The SMILES string of the molecule is CCNc1nc(C(C)(C)c2ccccc2)ns1. The van der Waals surface area contributed by atoms with Gasteiger partial charge in [0.1, 0.15) is 0 Å². The van der Waals surface area contributed by atoms with Gasteiger partial charge in [-0.3, -0.25) is 0 Å². The number of hydrogen-bond donors (Lipinski definition) is 1. The van der Waals surface area contributed by atoms with E-state index >= 15 is 0 Å². The van der Waals surface area contributed by atoms with Crippen molar-refractivity contribution in [3.63, 3.8) is 0 Å². The first kappa shape index (κ1) is 12.0. The number of benzene rings is 1. The third-order valence-electron chi connectivity index (χ3n) is 2.81. The van der Waals surface area contributed by atoms with Crippen molar-refractivity contribution in [2.45, 2.75) is 26.2 Å². The van der Waals surface area contributed by atoms with Crippen LogP contribution < -0.4 is 5.32 Å². The van der Waals surface area contributed by atoms with Gasteiger partial charge in [-0.25, -0.2) is 4.98 Å². The lowest BCUT2D eigenvalue weighted by Gasteiger charge is -2.21. The lowest BCUT2D eigenvalue weighted by molar-refractivity contribution is 0.601. The number of nitrogens with zero attached hydrogens (tertiary/aromatic N) is 2. The molecule has 1 aromatic carbocycles. The zero-order valence-electron chi connectivity index (χ0n) is 10.4. The average Bonchev–Trinajstić information content (AvgIpc) is 2.80. The Kier molecular flexibility index (Phi) is 3.43. The van der Waals surface area contributed by atoms with Crippen molar-refractivity contribution >= 4 is 16.7 Å². The van der Waals surface area contributed by atoms with Crippen LogP contribution in [-0.2, 0) is 5.41 Å². The van der Waals surface area contributed by atoms with Crippen molar-refractivity contribution in [2.24, 2.45) is 0 Å². The Labute approximate surface area is 106 Å². The number of aromatic nitrogens is 2. The third kappa shape index (κ3) is 2.47. The maximum Gasteiger partial charge on any atom is 0.202 e. The molecule has 1 N–H and O–H groups in total. The van der Waals surface area contributed by atoms with Gasteiger partial charge in [-0.1, -0.05) is 30.3 Å². The molecule has 0 unspecified atom stereocenters. The molecule has 0 aliphatic carbocycles. The highest BCUT2D eigenvalue weighted by molar-refractivity contribution is 7.09. The first-order chi connectivity index (χ1) is 8.14. The van der Waals surface area contributed by atoms with Crippen molar-refractivity contribution < 1.29 is 0 Å². The predicted molar refractivity (Wildman–Crippen MR) is 72.6 cm³/mol. The first-order valence-electron chi connectivity index (χ1n) is 5.78. The van der Waals surface area contributed by atoms with Crippen molar-refractivity contribution in [1.82, 2.24) is 9.36 Å². The Morgan fingerprint density at radius 3 is 2.59 bits per heavy atom. The van der Waals surface area contributed by atoms with Crippen LogP contribution in [0.2, 0.25) is 0 Å². The van der Waals surface area contributed by atoms with Crippen molar-refractivity contribution in [3.8, 4) is 0 Å². The minimum Gasteiger partial charge on any atom is -0.361 e. The fraction of sp³-hybridized carbons (Fsp3) is 0.385. The molecule has 0 atom stereocenters. The molecule has 0 aliphatic heterocycles. The summed E-state index contributed by atoms with van der Waals surface area (Å²) in [7, 11) is 0. The van der Waals surface area contributed by atoms with Crippen molar-refractivity contribution in [2.75, 3.05) is 11.9 Å². The topological polar surface area (TPSA) is 37.8 Å². The van der Waals surface area contributed by atoms with Crippen LogP contribution in [0.15, 0.2) is 30.3 Å². The summed E-state index contributed by atoms with van der Waals surface area (Å²) in [4.78, 5) is 4.54. The highest BCUT2D eigenvalue weighted by Crippen LogP contribution is 2.30. The van der Waals surface area contributed by atoms with E-state index in [0.717, 1.165) is 17.5 Å². The van der Waals surface area contributed by atoms with Gasteiger partial charge in [-0.15, -0.1) is 0 Å². The van der Waals surface area contributed by atoms with Gasteiger partial charge in [0.15, 0.2) is 5.82 Å². The average molecular weight is 247 g/mol. The third-order valence-corrected chi connectivity index (χ3v) is 3.48. The van der Waals surface area contributed by atoms with Gasteiger partial charge in [0.2, 0.25) is 5.13 Å². The zero-order valence-corrected chi connectivity index (χ0v) is 11.2. The van der Waals surface area contributed by atoms with E-state index in [1.165, 1.54) is 17.1 Å². The van der Waals surface area contributed by atoms with Crippen LogP contribution in [0.4, 0.5) is 5.13 Å². The molecular weight excluding hydrogens is 230 g/mol. The van der Waals surface area contributed by atoms with E-state index in [2.05, 4.69) is 59.7 Å². The quantitative estimate of drug-likeness (QED) is 0.901. The number of hydrogen-bond acceptors (Lipinski definition) is 4. The normalized spacial score (nSPS) is 11.5. The van der Waals surface area contributed by atoms with E-state index in [-0.39, 0.29) is 5.41 Å². The van der Waals surface area contributed by atoms with Crippen LogP contribution in [0.1, 0.15) is 32.2 Å². The molecule has 0 fully saturated rings. The highest BCUT2D eigenvalue weighted by atomic mass is 32.1. The molecule has 0 radical (unpaired) electrons. The molecule has 17 heavy (non-hydrogen) atoms. The maximum atomic E-state index is 4.54. The molecule has 0 saturated heterocycles. The smallest absolute Gasteiger partial charge is 0.202 e. The van der Waals surface area contributed by atoms with Gasteiger partial charge in [-0.2, -0.15) is 4.37 Å². The minimum absolute atomic E-state index is 0.147. The second-order valence-corrected chi connectivity index (χ2v) is 5.20. The van der Waals surface area contributed by atoms with Crippen LogP contribution in [0.25, 0.3) is 0 Å². The Morgan fingerprint density at radius 2 is 1.94 bits per heavy atom. The van der Waals surface area contributed by atoms with Crippen LogP contribution in [0.3, 0.4) is 0 Å². The van der Waals surface area contributed by atoms with E-state index in [9.17, 15) is 0 Å². The number of rotatable bonds is 4. The number of anilines is 1. The fourth-order valence-electron chi connectivity index (χ4n) is 1.68. The monoisotopic (exact) mass is 247 g/mol. The van der Waals surface area contributed by atoms with Crippen molar-refractivity contribution in [3.05, 3.63) is 41.7 Å². The van der Waals surface area contributed by atoms with Gasteiger partial charge in [0.05, 0.1) is 5.41 Å². The van der Waals surface area contributed by atoms with Crippen molar-refractivity contribution in [1.29, 1.82) is 0 Å². The second kappa shape index (κ2) is 4.84. The Morgan fingerprint density at radius 1 is 1.24 bits per heavy atom. The zero-order chi connectivity index (χ0) is 12.3. The summed E-state index contributed by atoms with van der Waals surface area (Å²) >= 11 is 1.42. The van der Waals surface area contributed by atoms with Gasteiger partial charge < -0.3 is 5.32 Å². The van der Waals surface area contributed by atoms with Gasteiger partial charge in [0.25, 0.3) is 0 Å². The van der Waals surface area contributed by atoms with Gasteiger partial charge >= 0.3 is 0 Å². The first-order valence-corrected chi connectivity index (χ1v) is 6.55. The lowest BCUT2D eigenvalue weighted by atomic mass is 9.84. The summed E-state index contributed by atoms with van der Waals surface area (Å²) in [6.45, 7) is 7.24. The standard InChI is InChI=1S/C13H17N3S/c1-4-14-12-15-11(16-17-12)13(2,3)10-8-6-5-7-9-10/h5-9H,4H2,1-3H3,(H,14,15,16). The highest BCUT2D eigenvalue weighted by Gasteiger charge is 2.27. The van der Waals surface area contributed by atoms with Crippen LogP contribution in [0, 0.1) is 0 Å². The number of nitrogens with one attached hydrogen (secondary N) is 1. The largest absolute Gasteiger partial charge is 0.361 e. The molecule has 1 aromatic heterocycles. The Balaban J connectivity index is 2.31.